The van der Waals surface area contributed by atoms with Crippen LogP contribution in [0, 0.1) is 13.8 Å². The Morgan fingerprint density at radius 1 is 0.833 bits per heavy atom. The topological polar surface area (TPSA) is 97.4 Å². The number of rotatable bonds is 4. The Balaban J connectivity index is 1.93. The number of aromatic hydroxyl groups is 2. The number of nitrogens with zero attached hydrogens (tertiary/aromatic N) is 2. The molecule has 3 aromatic carbocycles. The van der Waals surface area contributed by atoms with Gasteiger partial charge in [0.15, 0.2) is 0 Å². The van der Waals surface area contributed by atoms with Gasteiger partial charge >= 0.3 is 0 Å². The molecule has 1 atom stereocenters. The van der Waals surface area contributed by atoms with Gasteiger partial charge in [0, 0.05) is 22.8 Å². The van der Waals surface area contributed by atoms with Crippen LogP contribution in [0.4, 0.5) is 0 Å². The maximum atomic E-state index is 10.9. The molecule has 1 aliphatic rings. The Morgan fingerprint density at radius 2 is 1.53 bits per heavy atom. The predicted octanol–water partition coefficient (Wildman–Crippen LogP) is 3.66. The van der Waals surface area contributed by atoms with Crippen molar-refractivity contribution in [2.45, 2.75) is 25.6 Å². The summed E-state index contributed by atoms with van der Waals surface area (Å²) in [4.78, 5) is 9.20. The fourth-order valence-corrected chi connectivity index (χ4v) is 3.86. The van der Waals surface area contributed by atoms with Gasteiger partial charge < -0.3 is 20.6 Å². The van der Waals surface area contributed by atoms with Crippen LogP contribution in [-0.2, 0) is 5.66 Å². The van der Waals surface area contributed by atoms with Crippen molar-refractivity contribution in [1.29, 1.82) is 0 Å². The van der Waals surface area contributed by atoms with Gasteiger partial charge in [-0.15, -0.1) is 0 Å². The SMILES string of the molecule is Cc1ccc(C2(c3cc(C(O)c4ccccc4)c(O)cc3O)N=CNC=N2)c(C)c1. The third-order valence-electron chi connectivity index (χ3n) is 5.34. The summed E-state index contributed by atoms with van der Waals surface area (Å²) in [5.74, 6) is -0.363. The van der Waals surface area contributed by atoms with Crippen molar-refractivity contribution in [2.75, 3.05) is 0 Å². The second-order valence-corrected chi connectivity index (χ2v) is 7.42. The molecule has 6 nitrogen and oxygen atoms in total. The number of aliphatic hydroxyl groups is 1. The fourth-order valence-electron chi connectivity index (χ4n) is 3.86. The van der Waals surface area contributed by atoms with E-state index in [4.69, 9.17) is 0 Å². The Labute approximate surface area is 174 Å². The van der Waals surface area contributed by atoms with E-state index < -0.39 is 11.8 Å². The first-order chi connectivity index (χ1) is 14.4. The van der Waals surface area contributed by atoms with E-state index in [9.17, 15) is 15.3 Å². The minimum absolute atomic E-state index is 0.160. The molecule has 3 aromatic rings. The molecule has 0 fully saturated rings. The molecule has 0 aromatic heterocycles. The van der Waals surface area contributed by atoms with E-state index in [0.29, 0.717) is 11.1 Å². The molecule has 0 bridgehead atoms. The molecule has 6 heteroatoms. The van der Waals surface area contributed by atoms with Crippen LogP contribution in [0.5, 0.6) is 11.5 Å². The first-order valence-corrected chi connectivity index (χ1v) is 9.63. The van der Waals surface area contributed by atoms with Crippen LogP contribution in [-0.4, -0.2) is 28.0 Å². The lowest BCUT2D eigenvalue weighted by molar-refractivity contribution is 0.215. The van der Waals surface area contributed by atoms with E-state index in [2.05, 4.69) is 15.3 Å². The highest BCUT2D eigenvalue weighted by atomic mass is 16.3. The zero-order valence-corrected chi connectivity index (χ0v) is 16.7. The van der Waals surface area contributed by atoms with Gasteiger partial charge in [0.2, 0.25) is 5.66 Å². The quantitative estimate of drug-likeness (QED) is 0.536. The number of aliphatic hydroxyl groups excluding tert-OH is 1. The zero-order chi connectivity index (χ0) is 21.3. The number of nitrogens with one attached hydrogen (secondary N) is 1. The molecule has 0 saturated carbocycles. The maximum absolute atomic E-state index is 10.9. The normalized spacial score (nSPS) is 15.6. The van der Waals surface area contributed by atoms with Crippen molar-refractivity contribution < 1.29 is 15.3 Å². The van der Waals surface area contributed by atoms with E-state index in [1.165, 1.54) is 18.7 Å². The molecule has 1 aliphatic heterocycles. The van der Waals surface area contributed by atoms with Crippen molar-refractivity contribution in [2.24, 2.45) is 9.98 Å². The van der Waals surface area contributed by atoms with Crippen LogP contribution in [0.25, 0.3) is 0 Å². The number of phenolic OH excluding ortho intramolecular Hbond substituents is 2. The molecule has 0 radical (unpaired) electrons. The maximum Gasteiger partial charge on any atom is 0.208 e. The number of benzene rings is 3. The van der Waals surface area contributed by atoms with Crippen LogP contribution in [0.1, 0.15) is 39.5 Å². The Kier molecular flexibility index (Phi) is 5.01. The first kappa shape index (κ1) is 19.7. The smallest absolute Gasteiger partial charge is 0.208 e. The molecule has 0 spiro atoms. The van der Waals surface area contributed by atoms with E-state index in [-0.39, 0.29) is 17.1 Å². The van der Waals surface area contributed by atoms with Crippen LogP contribution < -0.4 is 5.32 Å². The van der Waals surface area contributed by atoms with Crippen molar-refractivity contribution in [3.05, 3.63) is 94.0 Å². The Bertz CT molecular complexity index is 1130. The van der Waals surface area contributed by atoms with Crippen LogP contribution in [0.15, 0.2) is 70.6 Å². The molecule has 4 rings (SSSR count). The fraction of sp³-hybridized carbons (Fsp3) is 0.167. The largest absolute Gasteiger partial charge is 0.507 e. The number of aryl methyl sites for hydroxylation is 2. The monoisotopic (exact) mass is 401 g/mol. The van der Waals surface area contributed by atoms with Gasteiger partial charge in [0.25, 0.3) is 0 Å². The van der Waals surface area contributed by atoms with Gasteiger partial charge in [-0.05, 0) is 31.0 Å². The minimum atomic E-state index is -1.24. The standard InChI is InChI=1S/C24H23N3O3/c1-15-8-9-19(16(2)10-15)24(26-13-25-14-27-24)20-11-18(21(28)12-22(20)29)23(30)17-6-4-3-5-7-17/h3-14,23,28-30H,1-2H3,(H,25,26,27). The third-order valence-corrected chi connectivity index (χ3v) is 5.34. The molecule has 152 valence electrons. The van der Waals surface area contributed by atoms with E-state index in [0.717, 1.165) is 16.7 Å². The summed E-state index contributed by atoms with van der Waals surface area (Å²) in [5, 5.41) is 35.0. The summed E-state index contributed by atoms with van der Waals surface area (Å²) in [5.41, 5.74) is 2.87. The lowest BCUT2D eigenvalue weighted by Gasteiger charge is -2.31. The van der Waals surface area contributed by atoms with E-state index in [1.54, 1.807) is 18.2 Å². The van der Waals surface area contributed by atoms with E-state index in [1.807, 2.05) is 50.2 Å². The summed E-state index contributed by atoms with van der Waals surface area (Å²) in [6.07, 6.45) is 1.97. The van der Waals surface area contributed by atoms with Gasteiger partial charge in [-0.1, -0.05) is 54.1 Å². The molecular formula is C24H23N3O3. The van der Waals surface area contributed by atoms with Crippen LogP contribution >= 0.6 is 0 Å². The molecule has 1 heterocycles. The summed E-state index contributed by atoms with van der Waals surface area (Å²) in [7, 11) is 0. The van der Waals surface area contributed by atoms with Crippen molar-refractivity contribution in [3.8, 4) is 11.5 Å². The van der Waals surface area contributed by atoms with Gasteiger partial charge in [0.05, 0.1) is 12.7 Å². The predicted molar refractivity (Wildman–Crippen MR) is 117 cm³/mol. The lowest BCUT2D eigenvalue weighted by Crippen LogP contribution is -2.31. The van der Waals surface area contributed by atoms with E-state index >= 15 is 0 Å². The average Bonchev–Trinajstić information content (AvgIpc) is 2.74. The third kappa shape index (κ3) is 3.31. The number of aliphatic imine (C=N–C) groups is 2. The summed E-state index contributed by atoms with van der Waals surface area (Å²) >= 11 is 0. The van der Waals surface area contributed by atoms with Crippen LogP contribution in [0.3, 0.4) is 0 Å². The molecule has 30 heavy (non-hydrogen) atoms. The van der Waals surface area contributed by atoms with Crippen molar-refractivity contribution >= 4 is 12.7 Å². The number of hydrogen-bond acceptors (Lipinski definition) is 6. The highest BCUT2D eigenvalue weighted by Crippen LogP contribution is 2.45. The van der Waals surface area contributed by atoms with Gasteiger partial charge in [-0.2, -0.15) is 0 Å². The first-order valence-electron chi connectivity index (χ1n) is 9.63. The molecule has 1 unspecified atom stereocenters. The second-order valence-electron chi connectivity index (χ2n) is 7.42. The molecular weight excluding hydrogens is 378 g/mol. The highest BCUT2D eigenvalue weighted by molar-refractivity contribution is 5.79. The minimum Gasteiger partial charge on any atom is -0.507 e. The van der Waals surface area contributed by atoms with Crippen molar-refractivity contribution in [3.63, 3.8) is 0 Å². The zero-order valence-electron chi connectivity index (χ0n) is 16.7. The van der Waals surface area contributed by atoms with Gasteiger partial charge in [-0.3, -0.25) is 0 Å². The lowest BCUT2D eigenvalue weighted by atomic mass is 9.85. The molecule has 0 saturated heterocycles. The molecule has 0 aliphatic carbocycles. The number of phenols is 2. The molecule has 0 amide bonds. The van der Waals surface area contributed by atoms with Gasteiger partial charge in [-0.25, -0.2) is 9.98 Å². The summed E-state index contributed by atoms with van der Waals surface area (Å²) in [6, 6.07) is 17.8. The summed E-state index contributed by atoms with van der Waals surface area (Å²) < 4.78 is 0. The summed E-state index contributed by atoms with van der Waals surface area (Å²) in [6.45, 7) is 3.97. The highest BCUT2D eigenvalue weighted by Gasteiger charge is 2.38. The molecule has 4 N–H and O–H groups in total. The second kappa shape index (κ2) is 7.65. The Hall–Kier alpha value is -3.64. The van der Waals surface area contributed by atoms with Crippen molar-refractivity contribution in [1.82, 2.24) is 5.32 Å². The Morgan fingerprint density at radius 3 is 2.20 bits per heavy atom. The number of hydrogen-bond donors (Lipinski definition) is 4. The van der Waals surface area contributed by atoms with Crippen LogP contribution in [0.2, 0.25) is 0 Å². The average molecular weight is 401 g/mol. The van der Waals surface area contributed by atoms with Gasteiger partial charge in [0.1, 0.15) is 17.6 Å².